The molecule has 2 unspecified atom stereocenters. The van der Waals surface area contributed by atoms with Crippen LogP contribution in [0.3, 0.4) is 0 Å². The fraction of sp³-hybridized carbons (Fsp3) is 0.500. The summed E-state index contributed by atoms with van der Waals surface area (Å²) in [6.45, 7) is 1.60. The molecule has 1 aromatic rings. The first-order chi connectivity index (χ1) is 8.20. The second kappa shape index (κ2) is 6.16. The lowest BCUT2D eigenvalue weighted by molar-refractivity contribution is 0.0390. The molecule has 2 rings (SSSR count). The van der Waals surface area contributed by atoms with Crippen LogP contribution >= 0.6 is 27.5 Å². The van der Waals surface area contributed by atoms with Gasteiger partial charge < -0.3 is 4.74 Å². The predicted molar refractivity (Wildman–Crippen MR) is 72.8 cm³/mol. The number of hydrogen-bond acceptors (Lipinski definition) is 3. The Morgan fingerprint density at radius 2 is 2.29 bits per heavy atom. The first kappa shape index (κ1) is 13.3. The van der Waals surface area contributed by atoms with Gasteiger partial charge in [0, 0.05) is 22.0 Å². The van der Waals surface area contributed by atoms with Crippen LogP contribution in [0.2, 0.25) is 5.02 Å². The van der Waals surface area contributed by atoms with Crippen LogP contribution < -0.4 is 11.3 Å². The van der Waals surface area contributed by atoms with Crippen molar-refractivity contribution in [3.8, 4) is 0 Å². The number of halogens is 2. The van der Waals surface area contributed by atoms with Crippen molar-refractivity contribution in [1.29, 1.82) is 0 Å². The Labute approximate surface area is 115 Å². The third kappa shape index (κ3) is 3.42. The molecule has 0 bridgehead atoms. The molecule has 1 aliphatic rings. The third-order valence-electron chi connectivity index (χ3n) is 3.09. The highest BCUT2D eigenvalue weighted by molar-refractivity contribution is 9.10. The van der Waals surface area contributed by atoms with Crippen LogP contribution in [0.25, 0.3) is 0 Å². The van der Waals surface area contributed by atoms with E-state index in [0.29, 0.717) is 10.9 Å². The molecule has 1 aromatic carbocycles. The molecule has 0 spiro atoms. The Balaban J connectivity index is 2.21. The molecule has 1 heterocycles. The zero-order valence-electron chi connectivity index (χ0n) is 9.46. The fourth-order valence-electron chi connectivity index (χ4n) is 2.29. The van der Waals surface area contributed by atoms with Crippen LogP contribution in [0.1, 0.15) is 24.4 Å². The van der Waals surface area contributed by atoms with E-state index in [1.54, 1.807) is 0 Å². The molecule has 0 radical (unpaired) electrons. The van der Waals surface area contributed by atoms with E-state index in [-0.39, 0.29) is 6.04 Å². The van der Waals surface area contributed by atoms with Crippen molar-refractivity contribution in [2.75, 3.05) is 13.2 Å². The van der Waals surface area contributed by atoms with E-state index in [0.717, 1.165) is 36.1 Å². The van der Waals surface area contributed by atoms with Crippen molar-refractivity contribution in [3.63, 3.8) is 0 Å². The van der Waals surface area contributed by atoms with Crippen LogP contribution in [-0.2, 0) is 4.74 Å². The summed E-state index contributed by atoms with van der Waals surface area (Å²) in [7, 11) is 0. The topological polar surface area (TPSA) is 47.3 Å². The van der Waals surface area contributed by atoms with Crippen LogP contribution in [0.4, 0.5) is 0 Å². The van der Waals surface area contributed by atoms with Crippen molar-refractivity contribution in [3.05, 3.63) is 33.3 Å². The SMILES string of the molecule is NNC(c1cc(Cl)cc(Br)c1)C1CCCOC1. The molecule has 0 aliphatic carbocycles. The number of nitrogens with one attached hydrogen (secondary N) is 1. The Hall–Kier alpha value is -0.130. The van der Waals surface area contributed by atoms with Gasteiger partial charge in [0.1, 0.15) is 0 Å². The summed E-state index contributed by atoms with van der Waals surface area (Å²) in [6.07, 6.45) is 2.21. The van der Waals surface area contributed by atoms with E-state index < -0.39 is 0 Å². The van der Waals surface area contributed by atoms with Gasteiger partial charge in [-0.05, 0) is 36.6 Å². The van der Waals surface area contributed by atoms with Crippen molar-refractivity contribution in [2.45, 2.75) is 18.9 Å². The lowest BCUT2D eigenvalue weighted by atomic mass is 9.89. The van der Waals surface area contributed by atoms with Crippen LogP contribution in [0.15, 0.2) is 22.7 Å². The molecule has 0 saturated carbocycles. The summed E-state index contributed by atoms with van der Waals surface area (Å²) in [5.74, 6) is 6.07. The molecule has 17 heavy (non-hydrogen) atoms. The Bertz CT molecular complexity index is 363. The number of benzene rings is 1. The normalized spacial score (nSPS) is 22.4. The maximum atomic E-state index is 6.06. The first-order valence-corrected chi connectivity index (χ1v) is 6.87. The molecule has 1 aliphatic heterocycles. The summed E-state index contributed by atoms with van der Waals surface area (Å²) < 4.78 is 6.48. The Morgan fingerprint density at radius 3 is 2.88 bits per heavy atom. The van der Waals surface area contributed by atoms with E-state index in [1.165, 1.54) is 0 Å². The van der Waals surface area contributed by atoms with Crippen LogP contribution in [0, 0.1) is 5.92 Å². The summed E-state index contributed by atoms with van der Waals surface area (Å²) in [4.78, 5) is 0. The Kier molecular flexibility index (Phi) is 4.82. The van der Waals surface area contributed by atoms with Gasteiger partial charge in [-0.2, -0.15) is 0 Å². The summed E-state index contributed by atoms with van der Waals surface area (Å²) in [6, 6.07) is 5.96. The third-order valence-corrected chi connectivity index (χ3v) is 3.77. The molecule has 0 aromatic heterocycles. The van der Waals surface area contributed by atoms with Crippen molar-refractivity contribution >= 4 is 27.5 Å². The maximum Gasteiger partial charge on any atom is 0.0513 e. The average molecular weight is 320 g/mol. The van der Waals surface area contributed by atoms with E-state index in [4.69, 9.17) is 22.2 Å². The summed E-state index contributed by atoms with van der Waals surface area (Å²) >= 11 is 9.51. The molecular weight excluding hydrogens is 304 g/mol. The second-order valence-electron chi connectivity index (χ2n) is 4.32. The van der Waals surface area contributed by atoms with Gasteiger partial charge in [-0.1, -0.05) is 27.5 Å². The maximum absolute atomic E-state index is 6.06. The lowest BCUT2D eigenvalue weighted by Gasteiger charge is -2.30. The molecule has 1 saturated heterocycles. The second-order valence-corrected chi connectivity index (χ2v) is 5.68. The summed E-state index contributed by atoms with van der Waals surface area (Å²) in [5, 5.41) is 0.714. The minimum atomic E-state index is 0.0882. The van der Waals surface area contributed by atoms with Crippen LogP contribution in [0.5, 0.6) is 0 Å². The molecule has 0 amide bonds. The molecule has 3 nitrogen and oxygen atoms in total. The van der Waals surface area contributed by atoms with Gasteiger partial charge in [-0.15, -0.1) is 0 Å². The molecule has 2 atom stereocenters. The van der Waals surface area contributed by atoms with Crippen LogP contribution in [-0.4, -0.2) is 13.2 Å². The quantitative estimate of drug-likeness (QED) is 0.665. The van der Waals surface area contributed by atoms with E-state index in [1.807, 2.05) is 18.2 Å². The van der Waals surface area contributed by atoms with Gasteiger partial charge in [0.25, 0.3) is 0 Å². The monoisotopic (exact) mass is 318 g/mol. The fourth-order valence-corrected chi connectivity index (χ4v) is 3.17. The van der Waals surface area contributed by atoms with Gasteiger partial charge >= 0.3 is 0 Å². The van der Waals surface area contributed by atoms with Gasteiger partial charge in [-0.3, -0.25) is 11.3 Å². The van der Waals surface area contributed by atoms with E-state index in [9.17, 15) is 0 Å². The number of rotatable bonds is 3. The molecule has 5 heteroatoms. The Morgan fingerprint density at radius 1 is 1.47 bits per heavy atom. The zero-order chi connectivity index (χ0) is 12.3. The van der Waals surface area contributed by atoms with Gasteiger partial charge in [0.15, 0.2) is 0 Å². The van der Waals surface area contributed by atoms with Gasteiger partial charge in [-0.25, -0.2) is 0 Å². The number of hydrogen-bond donors (Lipinski definition) is 2. The first-order valence-electron chi connectivity index (χ1n) is 5.70. The molecule has 94 valence electrons. The van der Waals surface area contributed by atoms with E-state index >= 15 is 0 Å². The van der Waals surface area contributed by atoms with Gasteiger partial charge in [0.2, 0.25) is 0 Å². The highest BCUT2D eigenvalue weighted by Crippen LogP contribution is 2.31. The minimum absolute atomic E-state index is 0.0882. The van der Waals surface area contributed by atoms with Crippen molar-refractivity contribution < 1.29 is 4.74 Å². The minimum Gasteiger partial charge on any atom is -0.381 e. The number of nitrogens with two attached hydrogens (primary N) is 1. The van der Waals surface area contributed by atoms with Crippen molar-refractivity contribution in [1.82, 2.24) is 5.43 Å². The number of hydrazine groups is 1. The average Bonchev–Trinajstić information content (AvgIpc) is 2.30. The summed E-state index contributed by atoms with van der Waals surface area (Å²) in [5.41, 5.74) is 3.98. The lowest BCUT2D eigenvalue weighted by Crippen LogP contribution is -2.37. The molecular formula is C12H16BrClN2O. The highest BCUT2D eigenvalue weighted by Gasteiger charge is 2.25. The zero-order valence-corrected chi connectivity index (χ0v) is 11.8. The van der Waals surface area contributed by atoms with Crippen molar-refractivity contribution in [2.24, 2.45) is 11.8 Å². The van der Waals surface area contributed by atoms with Gasteiger partial charge in [0.05, 0.1) is 12.6 Å². The molecule has 3 N–H and O–H groups in total. The standard InChI is InChI=1S/C12H16BrClN2O/c13-10-4-9(5-11(14)6-10)12(16-15)8-2-1-3-17-7-8/h4-6,8,12,16H,1-3,7,15H2. The molecule has 1 fully saturated rings. The highest BCUT2D eigenvalue weighted by atomic mass is 79.9. The number of ether oxygens (including phenoxy) is 1. The smallest absolute Gasteiger partial charge is 0.0513 e. The largest absolute Gasteiger partial charge is 0.381 e. The van der Waals surface area contributed by atoms with E-state index in [2.05, 4.69) is 21.4 Å². The predicted octanol–water partition coefficient (Wildman–Crippen LogP) is 3.03.